The maximum absolute atomic E-state index is 3.29. The lowest BCUT2D eigenvalue weighted by molar-refractivity contribution is 1.46. The molecule has 0 heterocycles. The van der Waals surface area contributed by atoms with Crippen LogP contribution in [-0.4, -0.2) is 18.8 Å². The van der Waals surface area contributed by atoms with Crippen molar-refractivity contribution in [2.75, 3.05) is 18.8 Å². The highest BCUT2D eigenvalue weighted by Crippen LogP contribution is 2.32. The number of hydrogen-bond donors (Lipinski definition) is 0. The third kappa shape index (κ3) is 4.05. The minimum Gasteiger partial charge on any atom is -0.186 e. The van der Waals surface area contributed by atoms with Crippen LogP contribution in [0.1, 0.15) is 11.1 Å². The van der Waals surface area contributed by atoms with Gasteiger partial charge in [-0.05, 0) is 43.1 Å². The molecule has 1 aromatic rings. The molecule has 0 aliphatic heterocycles. The number of hydrogen-bond acceptors (Lipinski definition) is 0. The average molecular weight is 192 g/mol. The van der Waals surface area contributed by atoms with Crippen LogP contribution in [0.15, 0.2) is 24.3 Å². The van der Waals surface area contributed by atoms with Crippen LogP contribution < -0.4 is 0 Å². The van der Waals surface area contributed by atoms with Crippen molar-refractivity contribution in [1.82, 2.24) is 0 Å². The number of aryl methyl sites for hydroxylation is 1. The molecule has 0 N–H and O–H groups in total. The van der Waals surface area contributed by atoms with Crippen LogP contribution in [0.4, 0.5) is 0 Å². The van der Waals surface area contributed by atoms with Gasteiger partial charge in [-0.15, -0.1) is 0 Å². The molecule has 0 unspecified atom stereocenters. The van der Waals surface area contributed by atoms with E-state index in [1.807, 2.05) is 0 Å². The highest BCUT2D eigenvalue weighted by molar-refractivity contribution is 8.35. The van der Waals surface area contributed by atoms with Crippen molar-refractivity contribution < 1.29 is 0 Å². The Morgan fingerprint density at radius 1 is 1.00 bits per heavy atom. The fourth-order valence-electron chi connectivity index (χ4n) is 0.849. The van der Waals surface area contributed by atoms with Gasteiger partial charge in [0, 0.05) is 5.56 Å². The molecular formula is C12H16S. The Morgan fingerprint density at radius 3 is 2.00 bits per heavy atom. The van der Waals surface area contributed by atoms with E-state index in [0.717, 1.165) is 5.56 Å². The van der Waals surface area contributed by atoms with Gasteiger partial charge in [-0.3, -0.25) is 0 Å². The first-order valence-corrected chi connectivity index (χ1v) is 7.11. The van der Waals surface area contributed by atoms with Crippen molar-refractivity contribution >= 4 is 10.0 Å². The van der Waals surface area contributed by atoms with E-state index < -0.39 is 10.0 Å². The Bertz CT molecular complexity index is 330. The number of benzene rings is 1. The van der Waals surface area contributed by atoms with Crippen LogP contribution in [0, 0.1) is 18.1 Å². The van der Waals surface area contributed by atoms with E-state index in [1.165, 1.54) is 5.56 Å². The van der Waals surface area contributed by atoms with Gasteiger partial charge < -0.3 is 0 Å². The molecule has 1 aromatic carbocycles. The monoisotopic (exact) mass is 192 g/mol. The third-order valence-electron chi connectivity index (χ3n) is 1.55. The Morgan fingerprint density at radius 2 is 1.54 bits per heavy atom. The van der Waals surface area contributed by atoms with Crippen molar-refractivity contribution in [3.63, 3.8) is 0 Å². The van der Waals surface area contributed by atoms with Gasteiger partial charge in [0.15, 0.2) is 0 Å². The van der Waals surface area contributed by atoms with Gasteiger partial charge in [-0.1, -0.05) is 23.6 Å². The van der Waals surface area contributed by atoms with E-state index in [9.17, 15) is 0 Å². The van der Waals surface area contributed by atoms with Gasteiger partial charge in [0.1, 0.15) is 0 Å². The van der Waals surface area contributed by atoms with Crippen molar-refractivity contribution in [1.29, 1.82) is 0 Å². The lowest BCUT2D eigenvalue weighted by atomic mass is 10.2. The zero-order chi connectivity index (χ0) is 9.90. The summed E-state index contributed by atoms with van der Waals surface area (Å²) in [5.74, 6) is 3.20. The Balaban J connectivity index is 2.85. The standard InChI is InChI=1S/C12H16S/c1-11-5-7-12(8-6-11)9-10-13(2,3)4/h5-8H,1-4H3. The highest BCUT2D eigenvalue weighted by Gasteiger charge is 1.95. The summed E-state index contributed by atoms with van der Waals surface area (Å²) in [7, 11) is -0.694. The van der Waals surface area contributed by atoms with Gasteiger partial charge in [-0.25, -0.2) is 0 Å². The molecule has 0 fully saturated rings. The summed E-state index contributed by atoms with van der Waals surface area (Å²) in [5, 5.41) is 3.29. The predicted molar refractivity (Wildman–Crippen MR) is 63.4 cm³/mol. The fourth-order valence-corrected chi connectivity index (χ4v) is 1.27. The summed E-state index contributed by atoms with van der Waals surface area (Å²) in [6.45, 7) is 2.09. The molecule has 13 heavy (non-hydrogen) atoms. The lowest BCUT2D eigenvalue weighted by Crippen LogP contribution is -1.85. The molecule has 0 saturated heterocycles. The predicted octanol–water partition coefficient (Wildman–Crippen LogP) is 3.00. The second kappa shape index (κ2) is 3.89. The molecule has 0 saturated carbocycles. The van der Waals surface area contributed by atoms with Crippen LogP contribution >= 0.6 is 10.0 Å². The van der Waals surface area contributed by atoms with Crippen molar-refractivity contribution in [2.45, 2.75) is 6.92 Å². The van der Waals surface area contributed by atoms with Crippen molar-refractivity contribution in [2.24, 2.45) is 0 Å². The fraction of sp³-hybridized carbons (Fsp3) is 0.333. The van der Waals surface area contributed by atoms with Crippen molar-refractivity contribution in [3.8, 4) is 11.2 Å². The zero-order valence-corrected chi connectivity index (χ0v) is 9.53. The van der Waals surface area contributed by atoms with E-state index in [0.29, 0.717) is 0 Å². The Labute approximate surface area is 82.7 Å². The molecule has 0 aliphatic carbocycles. The smallest absolute Gasteiger partial charge is 0.0253 e. The van der Waals surface area contributed by atoms with Gasteiger partial charge in [0.2, 0.25) is 0 Å². The summed E-state index contributed by atoms with van der Waals surface area (Å²) in [6.07, 6.45) is 6.61. The van der Waals surface area contributed by atoms with Gasteiger partial charge in [0.25, 0.3) is 0 Å². The van der Waals surface area contributed by atoms with Gasteiger partial charge in [-0.2, -0.15) is 10.0 Å². The molecule has 0 bridgehead atoms. The van der Waals surface area contributed by atoms with Crippen molar-refractivity contribution in [3.05, 3.63) is 35.4 Å². The van der Waals surface area contributed by atoms with E-state index in [2.05, 4.69) is 61.1 Å². The topological polar surface area (TPSA) is 0 Å². The third-order valence-corrected chi connectivity index (χ3v) is 2.27. The first kappa shape index (κ1) is 10.2. The molecule has 0 spiro atoms. The molecule has 1 rings (SSSR count). The first-order chi connectivity index (χ1) is 5.97. The van der Waals surface area contributed by atoms with Gasteiger partial charge >= 0.3 is 0 Å². The molecule has 1 heteroatoms. The van der Waals surface area contributed by atoms with Crippen LogP contribution in [0.25, 0.3) is 0 Å². The minimum absolute atomic E-state index is 0.694. The maximum Gasteiger partial charge on any atom is 0.0253 e. The molecule has 0 aromatic heterocycles. The lowest BCUT2D eigenvalue weighted by Gasteiger charge is -2.14. The normalized spacial score (nSPS) is 11.7. The Hall–Kier alpha value is -0.870. The molecular weight excluding hydrogens is 176 g/mol. The SMILES string of the molecule is Cc1ccc(C#CS(C)(C)C)cc1. The van der Waals surface area contributed by atoms with E-state index >= 15 is 0 Å². The molecule has 0 radical (unpaired) electrons. The van der Waals surface area contributed by atoms with Crippen LogP contribution in [0.2, 0.25) is 0 Å². The summed E-state index contributed by atoms with van der Waals surface area (Å²) < 4.78 is 0. The molecule has 0 nitrogen and oxygen atoms in total. The maximum atomic E-state index is 3.29. The van der Waals surface area contributed by atoms with Crippen LogP contribution in [-0.2, 0) is 0 Å². The number of rotatable bonds is 0. The summed E-state index contributed by atoms with van der Waals surface area (Å²) in [5.41, 5.74) is 2.40. The van der Waals surface area contributed by atoms with Gasteiger partial charge in [0.05, 0.1) is 0 Å². The van der Waals surface area contributed by atoms with E-state index in [4.69, 9.17) is 0 Å². The molecule has 0 amide bonds. The summed E-state index contributed by atoms with van der Waals surface area (Å²) >= 11 is 0. The second-order valence-electron chi connectivity index (χ2n) is 3.93. The largest absolute Gasteiger partial charge is 0.186 e. The quantitative estimate of drug-likeness (QED) is 0.554. The van der Waals surface area contributed by atoms with E-state index in [-0.39, 0.29) is 0 Å². The van der Waals surface area contributed by atoms with Crippen LogP contribution in [0.3, 0.4) is 0 Å². The zero-order valence-electron chi connectivity index (χ0n) is 8.72. The second-order valence-corrected chi connectivity index (χ2v) is 7.81. The van der Waals surface area contributed by atoms with Crippen LogP contribution in [0.5, 0.6) is 0 Å². The summed E-state index contributed by atoms with van der Waals surface area (Å²) in [4.78, 5) is 0. The summed E-state index contributed by atoms with van der Waals surface area (Å²) in [6, 6.07) is 8.35. The first-order valence-electron chi connectivity index (χ1n) is 4.25. The average Bonchev–Trinajstić information content (AvgIpc) is 2.02. The highest BCUT2D eigenvalue weighted by atomic mass is 32.3. The molecule has 0 atom stereocenters. The molecule has 70 valence electrons. The Kier molecular flexibility index (Phi) is 3.06. The minimum atomic E-state index is -0.694. The molecule has 0 aliphatic rings. The van der Waals surface area contributed by atoms with E-state index in [1.54, 1.807) is 0 Å².